The van der Waals surface area contributed by atoms with Crippen LogP contribution in [-0.2, 0) is 0 Å². The van der Waals surface area contributed by atoms with E-state index < -0.39 is 0 Å². The van der Waals surface area contributed by atoms with Gasteiger partial charge in [0.05, 0.1) is 10.5 Å². The third-order valence-electron chi connectivity index (χ3n) is 2.04. The molecule has 80 valence electrons. The first-order valence-electron chi connectivity index (χ1n) is 4.83. The van der Waals surface area contributed by atoms with Crippen molar-refractivity contribution in [3.05, 3.63) is 34.1 Å². The fourth-order valence-corrected chi connectivity index (χ4v) is 1.50. The molecule has 0 aromatic heterocycles. The van der Waals surface area contributed by atoms with Gasteiger partial charge in [0.1, 0.15) is 5.82 Å². The summed E-state index contributed by atoms with van der Waals surface area (Å²) in [6, 6.07) is 4.73. The molecule has 1 aromatic rings. The third kappa shape index (κ3) is 3.33. The van der Waals surface area contributed by atoms with Crippen LogP contribution >= 0.6 is 15.9 Å². The van der Waals surface area contributed by atoms with E-state index in [-0.39, 0.29) is 11.9 Å². The van der Waals surface area contributed by atoms with Gasteiger partial charge in [0.2, 0.25) is 0 Å². The molecule has 3 heteroatoms. The molecule has 0 aliphatic rings. The molecule has 0 radical (unpaired) electrons. The van der Waals surface area contributed by atoms with Crippen LogP contribution in [-0.4, -0.2) is 6.54 Å². The lowest BCUT2D eigenvalue weighted by Crippen LogP contribution is -2.20. The van der Waals surface area contributed by atoms with E-state index in [9.17, 15) is 4.39 Å². The zero-order valence-corrected chi connectivity index (χ0v) is 10.1. The van der Waals surface area contributed by atoms with Crippen LogP contribution in [0, 0.1) is 18.2 Å². The molecule has 0 saturated heterocycles. The average molecular weight is 270 g/mol. The first kappa shape index (κ1) is 12.2. The van der Waals surface area contributed by atoms with E-state index in [4.69, 9.17) is 6.42 Å². The molecule has 0 saturated carbocycles. The van der Waals surface area contributed by atoms with Crippen molar-refractivity contribution in [1.82, 2.24) is 5.32 Å². The fraction of sp³-hybridized carbons (Fsp3) is 0.333. The highest BCUT2D eigenvalue weighted by atomic mass is 79.9. The third-order valence-corrected chi connectivity index (χ3v) is 2.69. The summed E-state index contributed by atoms with van der Waals surface area (Å²) in [6.45, 7) is 2.88. The van der Waals surface area contributed by atoms with Gasteiger partial charge in [-0.2, -0.15) is 0 Å². The van der Waals surface area contributed by atoms with Crippen molar-refractivity contribution in [3.8, 4) is 12.3 Å². The minimum atomic E-state index is -0.286. The van der Waals surface area contributed by atoms with Gasteiger partial charge in [-0.15, -0.1) is 6.42 Å². The van der Waals surface area contributed by atoms with Gasteiger partial charge in [0.15, 0.2) is 0 Å². The van der Waals surface area contributed by atoms with Gasteiger partial charge in [-0.25, -0.2) is 4.39 Å². The van der Waals surface area contributed by atoms with E-state index in [2.05, 4.69) is 34.1 Å². The predicted octanol–water partition coefficient (Wildman–Crippen LogP) is 3.26. The summed E-state index contributed by atoms with van der Waals surface area (Å²) in [5.41, 5.74) is 0.784. The molecule has 1 N–H and O–H groups in total. The smallest absolute Gasteiger partial charge is 0.137 e. The molecule has 0 aliphatic heterocycles. The van der Waals surface area contributed by atoms with Gasteiger partial charge < -0.3 is 5.32 Å². The predicted molar refractivity (Wildman–Crippen MR) is 64.0 cm³/mol. The topological polar surface area (TPSA) is 12.0 Å². The van der Waals surface area contributed by atoms with Crippen LogP contribution in [0.25, 0.3) is 0 Å². The normalized spacial score (nSPS) is 12.1. The fourth-order valence-electron chi connectivity index (χ4n) is 1.25. The van der Waals surface area contributed by atoms with Crippen molar-refractivity contribution in [2.24, 2.45) is 0 Å². The summed E-state index contributed by atoms with van der Waals surface area (Å²) < 4.78 is 13.7. The number of terminal acetylenes is 1. The Balaban J connectivity index is 2.84. The highest BCUT2D eigenvalue weighted by molar-refractivity contribution is 9.10. The maximum absolute atomic E-state index is 13.3. The second kappa shape index (κ2) is 5.89. The van der Waals surface area contributed by atoms with Crippen molar-refractivity contribution in [2.75, 3.05) is 6.54 Å². The summed E-state index contributed by atoms with van der Waals surface area (Å²) >= 11 is 3.11. The molecule has 0 heterocycles. The number of hydrogen-bond acceptors (Lipinski definition) is 1. The molecular formula is C12H13BrFN. The molecule has 1 atom stereocenters. The Kier molecular flexibility index (Phi) is 4.80. The summed E-state index contributed by atoms with van der Waals surface area (Å²) in [5, 5.41) is 3.16. The van der Waals surface area contributed by atoms with E-state index >= 15 is 0 Å². The lowest BCUT2D eigenvalue weighted by molar-refractivity contribution is 0.600. The first-order chi connectivity index (χ1) is 7.19. The summed E-state index contributed by atoms with van der Waals surface area (Å²) in [6.07, 6.45) is 6.38. The maximum Gasteiger partial charge on any atom is 0.137 e. The summed E-state index contributed by atoms with van der Waals surface area (Å²) in [7, 11) is 0. The Bertz CT molecular complexity index is 370. The monoisotopic (exact) mass is 269 g/mol. The van der Waals surface area contributed by atoms with Crippen molar-refractivity contribution in [3.63, 3.8) is 0 Å². The maximum atomic E-state index is 13.3. The zero-order valence-electron chi connectivity index (χ0n) is 8.56. The Morgan fingerprint density at radius 3 is 2.87 bits per heavy atom. The van der Waals surface area contributed by atoms with Gasteiger partial charge in [0, 0.05) is 0 Å². The number of nitrogens with one attached hydrogen (secondary N) is 1. The number of hydrogen-bond donors (Lipinski definition) is 1. The van der Waals surface area contributed by atoms with Crippen molar-refractivity contribution < 1.29 is 4.39 Å². The summed E-state index contributed by atoms with van der Waals surface area (Å²) in [5.74, 6) is 2.32. The lowest BCUT2D eigenvalue weighted by Gasteiger charge is -2.12. The molecule has 1 nitrogen and oxygen atoms in total. The highest BCUT2D eigenvalue weighted by Crippen LogP contribution is 2.20. The van der Waals surface area contributed by atoms with Crippen LogP contribution in [0.5, 0.6) is 0 Å². The van der Waals surface area contributed by atoms with E-state index in [1.165, 1.54) is 6.07 Å². The Morgan fingerprint density at radius 1 is 1.60 bits per heavy atom. The average Bonchev–Trinajstić information content (AvgIpc) is 2.24. The first-order valence-corrected chi connectivity index (χ1v) is 5.62. The minimum absolute atomic E-state index is 0.215. The molecule has 15 heavy (non-hydrogen) atoms. The number of benzene rings is 1. The Labute approximate surface area is 98.2 Å². The number of rotatable bonds is 4. The van der Waals surface area contributed by atoms with Crippen LogP contribution in [0.15, 0.2) is 22.7 Å². The van der Waals surface area contributed by atoms with E-state index in [0.29, 0.717) is 4.47 Å². The van der Waals surface area contributed by atoms with E-state index in [1.54, 1.807) is 6.07 Å². The largest absolute Gasteiger partial charge is 0.300 e. The van der Waals surface area contributed by atoms with Crippen LogP contribution in [0.4, 0.5) is 4.39 Å². The summed E-state index contributed by atoms with van der Waals surface area (Å²) in [4.78, 5) is 0. The van der Waals surface area contributed by atoms with Crippen molar-refractivity contribution >= 4 is 15.9 Å². The van der Waals surface area contributed by atoms with Gasteiger partial charge in [-0.1, -0.05) is 18.9 Å². The van der Waals surface area contributed by atoms with Crippen molar-refractivity contribution in [2.45, 2.75) is 19.4 Å². The highest BCUT2D eigenvalue weighted by Gasteiger charge is 2.09. The van der Waals surface area contributed by atoms with Crippen LogP contribution in [0.2, 0.25) is 0 Å². The van der Waals surface area contributed by atoms with Crippen LogP contribution < -0.4 is 5.32 Å². The molecular weight excluding hydrogens is 257 g/mol. The zero-order chi connectivity index (χ0) is 11.3. The van der Waals surface area contributed by atoms with Gasteiger partial charge in [-0.3, -0.25) is 0 Å². The van der Waals surface area contributed by atoms with Gasteiger partial charge in [-0.05, 0) is 46.6 Å². The number of halogens is 2. The second-order valence-electron chi connectivity index (χ2n) is 3.23. The Hall–Kier alpha value is -0.850. The molecule has 0 bridgehead atoms. The molecule has 1 unspecified atom stereocenters. The standard InChI is InChI=1S/C12H13BrFN/c1-3-7-15-12(4-2)9-5-6-10(13)11(14)8-9/h2,5-6,8,12,15H,3,7H2,1H3. The Morgan fingerprint density at radius 2 is 2.33 bits per heavy atom. The quantitative estimate of drug-likeness (QED) is 0.828. The van der Waals surface area contributed by atoms with E-state index in [1.807, 2.05) is 6.07 Å². The van der Waals surface area contributed by atoms with Crippen LogP contribution in [0.1, 0.15) is 24.9 Å². The SMILES string of the molecule is C#CC(NCCC)c1ccc(Br)c(F)c1. The molecule has 1 aromatic carbocycles. The lowest BCUT2D eigenvalue weighted by atomic mass is 10.1. The van der Waals surface area contributed by atoms with Crippen LogP contribution in [0.3, 0.4) is 0 Å². The molecule has 0 aliphatic carbocycles. The molecule has 1 rings (SSSR count). The van der Waals surface area contributed by atoms with Gasteiger partial charge >= 0.3 is 0 Å². The molecule has 0 amide bonds. The van der Waals surface area contributed by atoms with E-state index in [0.717, 1.165) is 18.5 Å². The van der Waals surface area contributed by atoms with Gasteiger partial charge in [0.25, 0.3) is 0 Å². The second-order valence-corrected chi connectivity index (χ2v) is 4.08. The van der Waals surface area contributed by atoms with Crippen molar-refractivity contribution in [1.29, 1.82) is 0 Å². The minimum Gasteiger partial charge on any atom is -0.300 e. The molecule has 0 fully saturated rings. The molecule has 0 spiro atoms.